The predicted molar refractivity (Wildman–Crippen MR) is 65.1 cm³/mol. The smallest absolute Gasteiger partial charge is 0.115 e. The Morgan fingerprint density at radius 3 is 2.67 bits per heavy atom. The Hall–Kier alpha value is -0.670. The fraction of sp³-hybridized carbons (Fsp3) is 0.500. The standard InChI is InChI=1S/C12H17NOS/c13-12(10-2-1-7-15-8-10)9-3-5-11(14)6-4-9/h3-6,10,12,14H,1-2,7-8,13H2. The molecule has 0 radical (unpaired) electrons. The molecule has 2 unspecified atom stereocenters. The number of phenols is 1. The summed E-state index contributed by atoms with van der Waals surface area (Å²) in [6.45, 7) is 0. The predicted octanol–water partition coefficient (Wildman–Crippen LogP) is 2.54. The topological polar surface area (TPSA) is 46.2 Å². The van der Waals surface area contributed by atoms with Crippen molar-refractivity contribution in [3.63, 3.8) is 0 Å². The molecule has 1 saturated heterocycles. The lowest BCUT2D eigenvalue weighted by Crippen LogP contribution is -2.25. The van der Waals surface area contributed by atoms with Gasteiger partial charge in [0.2, 0.25) is 0 Å². The minimum Gasteiger partial charge on any atom is -0.508 e. The Morgan fingerprint density at radius 1 is 1.33 bits per heavy atom. The second-order valence-corrected chi connectivity index (χ2v) is 5.24. The van der Waals surface area contributed by atoms with E-state index in [0.717, 1.165) is 5.56 Å². The second-order valence-electron chi connectivity index (χ2n) is 4.09. The number of nitrogens with two attached hydrogens (primary N) is 1. The first kappa shape index (κ1) is 10.8. The molecular weight excluding hydrogens is 206 g/mol. The molecule has 1 aromatic rings. The summed E-state index contributed by atoms with van der Waals surface area (Å²) in [4.78, 5) is 0. The van der Waals surface area contributed by atoms with Gasteiger partial charge in [0.25, 0.3) is 0 Å². The number of aromatic hydroxyl groups is 1. The van der Waals surface area contributed by atoms with Gasteiger partial charge in [0.1, 0.15) is 5.75 Å². The van der Waals surface area contributed by atoms with Gasteiger partial charge < -0.3 is 10.8 Å². The lowest BCUT2D eigenvalue weighted by Gasteiger charge is -2.27. The molecule has 0 bridgehead atoms. The fourth-order valence-electron chi connectivity index (χ4n) is 2.02. The van der Waals surface area contributed by atoms with Gasteiger partial charge in [-0.1, -0.05) is 12.1 Å². The van der Waals surface area contributed by atoms with E-state index >= 15 is 0 Å². The molecular formula is C12H17NOS. The highest BCUT2D eigenvalue weighted by molar-refractivity contribution is 7.99. The molecule has 1 aliphatic rings. The third kappa shape index (κ3) is 2.67. The zero-order valence-electron chi connectivity index (χ0n) is 8.73. The number of thioether (sulfide) groups is 1. The Morgan fingerprint density at radius 2 is 2.07 bits per heavy atom. The summed E-state index contributed by atoms with van der Waals surface area (Å²) in [5, 5.41) is 9.20. The SMILES string of the molecule is NC(c1ccc(O)cc1)C1CCCSC1. The lowest BCUT2D eigenvalue weighted by molar-refractivity contribution is 0.432. The van der Waals surface area contributed by atoms with E-state index in [2.05, 4.69) is 0 Å². The van der Waals surface area contributed by atoms with Crippen LogP contribution in [-0.4, -0.2) is 16.6 Å². The molecule has 2 atom stereocenters. The van der Waals surface area contributed by atoms with Gasteiger partial charge in [-0.05, 0) is 48.0 Å². The van der Waals surface area contributed by atoms with Crippen LogP contribution in [0.3, 0.4) is 0 Å². The van der Waals surface area contributed by atoms with Crippen molar-refractivity contribution in [1.29, 1.82) is 0 Å². The van der Waals surface area contributed by atoms with Crippen LogP contribution < -0.4 is 5.73 Å². The number of hydrogen-bond donors (Lipinski definition) is 2. The van der Waals surface area contributed by atoms with Crippen molar-refractivity contribution in [2.45, 2.75) is 18.9 Å². The molecule has 0 saturated carbocycles. The summed E-state index contributed by atoms with van der Waals surface area (Å²) in [5.74, 6) is 3.35. The molecule has 3 heteroatoms. The molecule has 1 heterocycles. The molecule has 0 aliphatic carbocycles. The van der Waals surface area contributed by atoms with Gasteiger partial charge in [0.05, 0.1) is 0 Å². The van der Waals surface area contributed by atoms with E-state index in [1.54, 1.807) is 12.1 Å². The van der Waals surface area contributed by atoms with E-state index in [0.29, 0.717) is 11.7 Å². The average Bonchev–Trinajstić information content (AvgIpc) is 2.30. The molecule has 1 aliphatic heterocycles. The number of rotatable bonds is 2. The van der Waals surface area contributed by atoms with Crippen LogP contribution >= 0.6 is 11.8 Å². The van der Waals surface area contributed by atoms with Crippen LogP contribution in [0.2, 0.25) is 0 Å². The lowest BCUT2D eigenvalue weighted by atomic mass is 9.91. The molecule has 1 fully saturated rings. The Bertz CT molecular complexity index is 306. The van der Waals surface area contributed by atoms with Crippen molar-refractivity contribution in [2.75, 3.05) is 11.5 Å². The van der Waals surface area contributed by atoms with Crippen molar-refractivity contribution in [2.24, 2.45) is 11.7 Å². The van der Waals surface area contributed by atoms with Crippen LogP contribution in [0, 0.1) is 5.92 Å². The quantitative estimate of drug-likeness (QED) is 0.810. The summed E-state index contributed by atoms with van der Waals surface area (Å²) in [7, 11) is 0. The highest BCUT2D eigenvalue weighted by atomic mass is 32.2. The molecule has 2 nitrogen and oxygen atoms in total. The van der Waals surface area contributed by atoms with Crippen molar-refractivity contribution in [3.05, 3.63) is 29.8 Å². The molecule has 1 aromatic carbocycles. The van der Waals surface area contributed by atoms with Crippen molar-refractivity contribution in [3.8, 4) is 5.75 Å². The van der Waals surface area contributed by atoms with Crippen LogP contribution in [0.15, 0.2) is 24.3 Å². The largest absolute Gasteiger partial charge is 0.508 e. The van der Waals surface area contributed by atoms with E-state index in [-0.39, 0.29) is 6.04 Å². The van der Waals surface area contributed by atoms with Gasteiger partial charge in [-0.25, -0.2) is 0 Å². The number of phenolic OH excluding ortho intramolecular Hbond substituents is 1. The number of benzene rings is 1. The monoisotopic (exact) mass is 223 g/mol. The van der Waals surface area contributed by atoms with Crippen LogP contribution in [0.4, 0.5) is 0 Å². The maximum Gasteiger partial charge on any atom is 0.115 e. The maximum absolute atomic E-state index is 9.20. The van der Waals surface area contributed by atoms with E-state index in [1.165, 1.54) is 24.3 Å². The zero-order valence-corrected chi connectivity index (χ0v) is 9.54. The number of hydrogen-bond acceptors (Lipinski definition) is 3. The highest BCUT2D eigenvalue weighted by Gasteiger charge is 2.21. The molecule has 0 aromatic heterocycles. The summed E-state index contributed by atoms with van der Waals surface area (Å²) >= 11 is 2.00. The fourth-order valence-corrected chi connectivity index (χ4v) is 3.23. The Balaban J connectivity index is 2.05. The summed E-state index contributed by atoms with van der Waals surface area (Å²) in [6.07, 6.45) is 2.51. The van der Waals surface area contributed by atoms with Gasteiger partial charge in [0, 0.05) is 6.04 Å². The van der Waals surface area contributed by atoms with Crippen molar-refractivity contribution in [1.82, 2.24) is 0 Å². The van der Waals surface area contributed by atoms with Crippen LogP contribution in [0.5, 0.6) is 5.75 Å². The first-order valence-corrected chi connectivity index (χ1v) is 6.55. The minimum atomic E-state index is 0.124. The Kier molecular flexibility index (Phi) is 3.54. The van der Waals surface area contributed by atoms with E-state index in [9.17, 15) is 5.11 Å². The van der Waals surface area contributed by atoms with Gasteiger partial charge in [-0.3, -0.25) is 0 Å². The maximum atomic E-state index is 9.20. The first-order chi connectivity index (χ1) is 7.27. The zero-order chi connectivity index (χ0) is 10.7. The third-order valence-corrected chi connectivity index (χ3v) is 4.22. The summed E-state index contributed by atoms with van der Waals surface area (Å²) < 4.78 is 0. The summed E-state index contributed by atoms with van der Waals surface area (Å²) in [6, 6.07) is 7.41. The normalized spacial score (nSPS) is 23.7. The Labute approximate surface area is 94.9 Å². The second kappa shape index (κ2) is 4.90. The van der Waals surface area contributed by atoms with Crippen molar-refractivity contribution >= 4 is 11.8 Å². The third-order valence-electron chi connectivity index (χ3n) is 2.98. The van der Waals surface area contributed by atoms with Gasteiger partial charge in [-0.2, -0.15) is 11.8 Å². The van der Waals surface area contributed by atoms with Crippen LogP contribution in [-0.2, 0) is 0 Å². The first-order valence-electron chi connectivity index (χ1n) is 5.39. The van der Waals surface area contributed by atoms with E-state index < -0.39 is 0 Å². The van der Waals surface area contributed by atoms with Crippen LogP contribution in [0.1, 0.15) is 24.4 Å². The molecule has 3 N–H and O–H groups in total. The van der Waals surface area contributed by atoms with Crippen LogP contribution in [0.25, 0.3) is 0 Å². The molecule has 0 spiro atoms. The summed E-state index contributed by atoms with van der Waals surface area (Å²) in [5.41, 5.74) is 7.36. The molecule has 0 amide bonds. The van der Waals surface area contributed by atoms with Crippen molar-refractivity contribution < 1.29 is 5.11 Å². The van der Waals surface area contributed by atoms with Gasteiger partial charge in [-0.15, -0.1) is 0 Å². The van der Waals surface area contributed by atoms with E-state index in [1.807, 2.05) is 23.9 Å². The van der Waals surface area contributed by atoms with Gasteiger partial charge in [0.15, 0.2) is 0 Å². The molecule has 15 heavy (non-hydrogen) atoms. The van der Waals surface area contributed by atoms with Gasteiger partial charge >= 0.3 is 0 Å². The van der Waals surface area contributed by atoms with E-state index in [4.69, 9.17) is 5.73 Å². The molecule has 2 rings (SSSR count). The highest BCUT2D eigenvalue weighted by Crippen LogP contribution is 2.31. The minimum absolute atomic E-state index is 0.124. The average molecular weight is 223 g/mol. The molecule has 82 valence electrons.